The number of hydrogen-bond acceptors (Lipinski definition) is 5. The molecule has 0 saturated carbocycles. The van der Waals surface area contributed by atoms with Crippen molar-refractivity contribution in [3.63, 3.8) is 0 Å². The molecule has 0 aliphatic rings. The first-order valence-corrected chi connectivity index (χ1v) is 16.9. The third-order valence-corrected chi connectivity index (χ3v) is 9.85. The van der Waals surface area contributed by atoms with Crippen LogP contribution in [0.5, 0.6) is 0 Å². The molecule has 4 heterocycles. The molecule has 238 valence electrons. The number of nitrogens with zero attached hydrogens (tertiary/aromatic N) is 4. The van der Waals surface area contributed by atoms with E-state index in [0.29, 0.717) is 17.5 Å². The summed E-state index contributed by atoms with van der Waals surface area (Å²) in [6.07, 6.45) is 0. The SMILES string of the molecule is c1ccc(-c2nc(-c3ccccc3)nc(-c3ccc4c(c3)oc3ccc5oc6ccc(-n7c8ccccc8c8ccccc87)cc6c5c34)n2)cc1. The van der Waals surface area contributed by atoms with Crippen LogP contribution in [0, 0.1) is 0 Å². The van der Waals surface area contributed by atoms with Crippen LogP contribution in [0.4, 0.5) is 0 Å². The lowest BCUT2D eigenvalue weighted by molar-refractivity contribution is 0.663. The number of benzene rings is 7. The van der Waals surface area contributed by atoms with Gasteiger partial charge in [0.05, 0.1) is 11.0 Å². The van der Waals surface area contributed by atoms with Crippen molar-refractivity contribution >= 4 is 65.7 Å². The van der Waals surface area contributed by atoms with Gasteiger partial charge in [0.1, 0.15) is 22.3 Å². The highest BCUT2D eigenvalue weighted by Crippen LogP contribution is 2.42. The Hall–Kier alpha value is -7.05. The fourth-order valence-corrected chi connectivity index (χ4v) is 7.54. The fourth-order valence-electron chi connectivity index (χ4n) is 7.54. The molecule has 11 rings (SSSR count). The van der Waals surface area contributed by atoms with Gasteiger partial charge in [-0.1, -0.05) is 103 Å². The number of fused-ring (bicyclic) bond motifs is 10. The van der Waals surface area contributed by atoms with Crippen LogP contribution >= 0.6 is 0 Å². The van der Waals surface area contributed by atoms with Gasteiger partial charge in [0.25, 0.3) is 0 Å². The van der Waals surface area contributed by atoms with Gasteiger partial charge in [-0.3, -0.25) is 0 Å². The Balaban J connectivity index is 1.11. The summed E-state index contributed by atoms with van der Waals surface area (Å²) in [7, 11) is 0. The van der Waals surface area contributed by atoms with E-state index >= 15 is 0 Å². The molecule has 0 atom stereocenters. The molecular weight excluding hydrogens is 629 g/mol. The Morgan fingerprint density at radius 1 is 0.353 bits per heavy atom. The molecule has 0 aliphatic carbocycles. The zero-order chi connectivity index (χ0) is 33.5. The number of furan rings is 2. The van der Waals surface area contributed by atoms with Gasteiger partial charge in [0, 0.05) is 54.7 Å². The van der Waals surface area contributed by atoms with Crippen LogP contribution in [0.1, 0.15) is 0 Å². The number of aromatic nitrogens is 4. The summed E-state index contributed by atoms with van der Waals surface area (Å²) in [5.41, 5.74) is 9.32. The van der Waals surface area contributed by atoms with E-state index in [4.69, 9.17) is 23.8 Å². The Morgan fingerprint density at radius 3 is 1.49 bits per heavy atom. The molecule has 11 aromatic rings. The number of hydrogen-bond donors (Lipinski definition) is 0. The molecule has 51 heavy (non-hydrogen) atoms. The minimum atomic E-state index is 0.583. The molecular formula is C45H26N4O2. The minimum absolute atomic E-state index is 0.583. The summed E-state index contributed by atoms with van der Waals surface area (Å²) in [6, 6.07) is 53.9. The van der Waals surface area contributed by atoms with Crippen molar-refractivity contribution in [2.75, 3.05) is 0 Å². The molecule has 0 unspecified atom stereocenters. The normalized spacial score (nSPS) is 11.9. The maximum Gasteiger partial charge on any atom is 0.164 e. The van der Waals surface area contributed by atoms with E-state index < -0.39 is 0 Å². The lowest BCUT2D eigenvalue weighted by atomic mass is 10.0. The van der Waals surface area contributed by atoms with Crippen LogP contribution < -0.4 is 0 Å². The molecule has 0 spiro atoms. The maximum atomic E-state index is 6.57. The van der Waals surface area contributed by atoms with Crippen molar-refractivity contribution in [2.45, 2.75) is 0 Å². The summed E-state index contributed by atoms with van der Waals surface area (Å²) in [5, 5.41) is 6.57. The van der Waals surface area contributed by atoms with Crippen LogP contribution in [-0.4, -0.2) is 19.5 Å². The van der Waals surface area contributed by atoms with Crippen molar-refractivity contribution < 1.29 is 8.83 Å². The average Bonchev–Trinajstić information content (AvgIpc) is 3.87. The topological polar surface area (TPSA) is 69.9 Å². The standard InChI is InChI=1S/C45H26N4O2/c1-3-11-27(12-4-1)43-46-44(28-13-5-2-6-14-28)48-45(47-43)29-19-21-33-40(25-29)51-38-23-24-39-42(41(33)38)34-26-30(20-22-37(34)50-39)49-35-17-9-7-15-31(35)32-16-8-10-18-36(32)49/h1-26H. The van der Waals surface area contributed by atoms with Crippen molar-refractivity contribution in [3.05, 3.63) is 158 Å². The van der Waals surface area contributed by atoms with E-state index in [-0.39, 0.29) is 0 Å². The molecule has 0 bridgehead atoms. The van der Waals surface area contributed by atoms with E-state index in [1.807, 2.05) is 78.9 Å². The summed E-state index contributed by atoms with van der Waals surface area (Å²) < 4.78 is 15.4. The Bertz CT molecular complexity index is 3030. The number of para-hydroxylation sites is 2. The second-order valence-corrected chi connectivity index (χ2v) is 12.8. The van der Waals surface area contributed by atoms with Gasteiger partial charge in [-0.2, -0.15) is 0 Å². The van der Waals surface area contributed by atoms with Crippen LogP contribution in [-0.2, 0) is 0 Å². The summed E-state index contributed by atoms with van der Waals surface area (Å²) >= 11 is 0. The molecule has 4 aromatic heterocycles. The highest BCUT2D eigenvalue weighted by Gasteiger charge is 2.20. The third-order valence-electron chi connectivity index (χ3n) is 9.85. The predicted molar refractivity (Wildman–Crippen MR) is 205 cm³/mol. The van der Waals surface area contributed by atoms with E-state index in [1.165, 1.54) is 21.8 Å². The van der Waals surface area contributed by atoms with Gasteiger partial charge in [-0.25, -0.2) is 15.0 Å². The van der Waals surface area contributed by atoms with Gasteiger partial charge in [-0.15, -0.1) is 0 Å². The van der Waals surface area contributed by atoms with Gasteiger partial charge < -0.3 is 13.4 Å². The first-order chi connectivity index (χ1) is 25.3. The fraction of sp³-hybridized carbons (Fsp3) is 0. The van der Waals surface area contributed by atoms with Crippen LogP contribution in [0.2, 0.25) is 0 Å². The van der Waals surface area contributed by atoms with Crippen LogP contribution in [0.15, 0.2) is 167 Å². The second-order valence-electron chi connectivity index (χ2n) is 12.8. The molecule has 0 aliphatic heterocycles. The molecule has 0 N–H and O–H groups in total. The Kier molecular flexibility index (Phi) is 5.86. The molecule has 0 saturated heterocycles. The second kappa shape index (κ2) is 10.7. The van der Waals surface area contributed by atoms with Gasteiger partial charge >= 0.3 is 0 Å². The summed E-state index contributed by atoms with van der Waals surface area (Å²) in [5.74, 6) is 1.82. The Labute approximate surface area is 290 Å². The minimum Gasteiger partial charge on any atom is -0.456 e. The molecule has 7 aromatic carbocycles. The summed E-state index contributed by atoms with van der Waals surface area (Å²) in [4.78, 5) is 14.7. The van der Waals surface area contributed by atoms with Crippen LogP contribution in [0.25, 0.3) is 106 Å². The first kappa shape index (κ1) is 27.9. The maximum absolute atomic E-state index is 6.57. The molecule has 0 fully saturated rings. The van der Waals surface area contributed by atoms with Crippen molar-refractivity contribution in [1.29, 1.82) is 0 Å². The Morgan fingerprint density at radius 2 is 0.863 bits per heavy atom. The van der Waals surface area contributed by atoms with Gasteiger partial charge in [-0.05, 0) is 54.6 Å². The highest BCUT2D eigenvalue weighted by atomic mass is 16.3. The van der Waals surface area contributed by atoms with Gasteiger partial charge in [0.15, 0.2) is 17.5 Å². The quantitative estimate of drug-likeness (QED) is 0.189. The predicted octanol–water partition coefficient (Wildman–Crippen LogP) is 11.8. The zero-order valence-corrected chi connectivity index (χ0v) is 27.1. The third kappa shape index (κ3) is 4.26. The lowest BCUT2D eigenvalue weighted by Crippen LogP contribution is -2.00. The molecule has 0 amide bonds. The highest BCUT2D eigenvalue weighted by molar-refractivity contribution is 6.26. The summed E-state index contributed by atoms with van der Waals surface area (Å²) in [6.45, 7) is 0. The number of rotatable bonds is 4. The van der Waals surface area contributed by atoms with Crippen molar-refractivity contribution in [3.8, 4) is 39.9 Å². The molecule has 6 nitrogen and oxygen atoms in total. The monoisotopic (exact) mass is 654 g/mol. The smallest absolute Gasteiger partial charge is 0.164 e. The lowest BCUT2D eigenvalue weighted by Gasteiger charge is -2.08. The van der Waals surface area contributed by atoms with E-state index in [2.05, 4.69) is 83.4 Å². The first-order valence-electron chi connectivity index (χ1n) is 16.9. The van der Waals surface area contributed by atoms with Crippen molar-refractivity contribution in [2.24, 2.45) is 0 Å². The van der Waals surface area contributed by atoms with Crippen LogP contribution in [0.3, 0.4) is 0 Å². The molecule has 6 heteroatoms. The largest absolute Gasteiger partial charge is 0.456 e. The van der Waals surface area contributed by atoms with E-state index in [9.17, 15) is 0 Å². The van der Waals surface area contributed by atoms with E-state index in [0.717, 1.165) is 66.3 Å². The van der Waals surface area contributed by atoms with E-state index in [1.54, 1.807) is 0 Å². The molecule has 0 radical (unpaired) electrons. The van der Waals surface area contributed by atoms with Gasteiger partial charge in [0.2, 0.25) is 0 Å². The average molecular weight is 655 g/mol. The van der Waals surface area contributed by atoms with Crippen molar-refractivity contribution in [1.82, 2.24) is 19.5 Å². The zero-order valence-electron chi connectivity index (χ0n) is 27.1.